The molecule has 3 aromatic rings. The smallest absolute Gasteiger partial charge is 0.254 e. The summed E-state index contributed by atoms with van der Waals surface area (Å²) in [6.45, 7) is 6.26. The Balaban J connectivity index is 1.72. The van der Waals surface area contributed by atoms with Crippen LogP contribution in [-0.4, -0.2) is 32.5 Å². The minimum absolute atomic E-state index is 0.107. The topological polar surface area (TPSA) is 72.1 Å². The molecule has 1 fully saturated rings. The van der Waals surface area contributed by atoms with Crippen molar-refractivity contribution < 1.29 is 13.7 Å². The average Bonchev–Trinajstić information content (AvgIpc) is 3.05. The van der Waals surface area contributed by atoms with Crippen molar-refractivity contribution >= 4 is 5.91 Å². The lowest BCUT2D eigenvalue weighted by Gasteiger charge is -2.35. The molecule has 7 heteroatoms. The van der Waals surface area contributed by atoms with Gasteiger partial charge in [-0.15, -0.1) is 0 Å². The van der Waals surface area contributed by atoms with Crippen molar-refractivity contribution in [2.45, 2.75) is 46.1 Å². The maximum Gasteiger partial charge on any atom is 0.254 e. The van der Waals surface area contributed by atoms with E-state index in [1.165, 1.54) is 24.3 Å². The van der Waals surface area contributed by atoms with Crippen molar-refractivity contribution in [3.05, 3.63) is 64.6 Å². The fourth-order valence-electron chi connectivity index (χ4n) is 3.92. The number of halogens is 1. The Bertz CT molecular complexity index is 1030. The number of carbonyl (C=O) groups is 1. The van der Waals surface area contributed by atoms with E-state index in [4.69, 9.17) is 9.51 Å². The Labute approximate surface area is 168 Å². The van der Waals surface area contributed by atoms with Crippen LogP contribution in [-0.2, 0) is 0 Å². The van der Waals surface area contributed by atoms with Gasteiger partial charge in [0.25, 0.3) is 5.91 Å². The molecule has 1 aromatic carbocycles. The molecule has 1 aliphatic heterocycles. The summed E-state index contributed by atoms with van der Waals surface area (Å²) in [4.78, 5) is 24.4. The molecule has 6 nitrogen and oxygen atoms in total. The van der Waals surface area contributed by atoms with E-state index < -0.39 is 0 Å². The Morgan fingerprint density at radius 2 is 1.90 bits per heavy atom. The van der Waals surface area contributed by atoms with Crippen LogP contribution in [0.4, 0.5) is 4.39 Å². The highest BCUT2D eigenvalue weighted by molar-refractivity contribution is 5.94. The van der Waals surface area contributed by atoms with Gasteiger partial charge in [0.15, 0.2) is 5.82 Å². The number of hydrogen-bond donors (Lipinski definition) is 0. The number of aryl methyl sites for hydroxylation is 3. The van der Waals surface area contributed by atoms with Crippen molar-refractivity contribution in [1.29, 1.82) is 0 Å². The number of aromatic nitrogens is 3. The summed E-state index contributed by atoms with van der Waals surface area (Å²) in [5.41, 5.74) is 3.64. The number of benzene rings is 1. The third-order valence-corrected chi connectivity index (χ3v) is 5.33. The van der Waals surface area contributed by atoms with E-state index in [1.807, 2.05) is 31.7 Å². The molecule has 1 atom stereocenters. The van der Waals surface area contributed by atoms with Gasteiger partial charge >= 0.3 is 0 Å². The predicted molar refractivity (Wildman–Crippen MR) is 106 cm³/mol. The fraction of sp³-hybridized carbons (Fsp3) is 0.364. The van der Waals surface area contributed by atoms with Crippen molar-refractivity contribution in [3.8, 4) is 11.4 Å². The molecule has 0 bridgehead atoms. The number of carbonyl (C=O) groups excluding carboxylic acids is 1. The molecule has 1 amide bonds. The maximum atomic E-state index is 13.3. The third kappa shape index (κ3) is 3.77. The van der Waals surface area contributed by atoms with Crippen molar-refractivity contribution in [2.75, 3.05) is 6.54 Å². The largest absolute Gasteiger partial charge is 0.361 e. The molecule has 1 aliphatic rings. The van der Waals surface area contributed by atoms with Crippen LogP contribution in [0.15, 0.2) is 34.9 Å². The second-order valence-corrected chi connectivity index (χ2v) is 7.47. The van der Waals surface area contributed by atoms with Gasteiger partial charge in [-0.25, -0.2) is 14.4 Å². The minimum atomic E-state index is -0.354. The van der Waals surface area contributed by atoms with Crippen LogP contribution in [0.25, 0.3) is 11.4 Å². The summed E-state index contributed by atoms with van der Waals surface area (Å²) >= 11 is 0. The lowest BCUT2D eigenvalue weighted by Crippen LogP contribution is -2.39. The molecule has 0 N–H and O–H groups in total. The second kappa shape index (κ2) is 7.73. The van der Waals surface area contributed by atoms with Crippen LogP contribution in [0.2, 0.25) is 0 Å². The van der Waals surface area contributed by atoms with E-state index in [1.54, 1.807) is 0 Å². The molecule has 4 rings (SSSR count). The summed E-state index contributed by atoms with van der Waals surface area (Å²) in [6, 6.07) is 7.48. The van der Waals surface area contributed by atoms with E-state index in [-0.39, 0.29) is 17.8 Å². The summed E-state index contributed by atoms with van der Waals surface area (Å²) in [6.07, 6.45) is 2.77. The van der Waals surface area contributed by atoms with Crippen LogP contribution in [0.5, 0.6) is 0 Å². The molecule has 0 spiro atoms. The lowest BCUT2D eigenvalue weighted by molar-refractivity contribution is 0.0606. The standard InChI is InChI=1S/C22H23FN4O2/c1-13-12-18(25-21(24-13)20-14(2)26-29-15(20)3)19-6-4-5-11-27(19)22(28)16-7-9-17(23)10-8-16/h7-10,12,19H,4-6,11H2,1-3H3/t19-/m0/s1. The summed E-state index contributed by atoms with van der Waals surface area (Å²) in [5, 5.41) is 4.00. The maximum absolute atomic E-state index is 13.3. The Morgan fingerprint density at radius 1 is 1.14 bits per heavy atom. The average molecular weight is 394 g/mol. The van der Waals surface area contributed by atoms with E-state index in [0.717, 1.165) is 41.9 Å². The first-order chi connectivity index (χ1) is 13.9. The zero-order chi connectivity index (χ0) is 20.5. The number of likely N-dealkylation sites (tertiary alicyclic amines) is 1. The van der Waals surface area contributed by atoms with Gasteiger partial charge in [0, 0.05) is 17.8 Å². The van der Waals surface area contributed by atoms with Crippen LogP contribution < -0.4 is 0 Å². The van der Waals surface area contributed by atoms with E-state index >= 15 is 0 Å². The molecule has 150 valence electrons. The lowest BCUT2D eigenvalue weighted by atomic mass is 9.97. The SMILES string of the molecule is Cc1cc([C@@H]2CCCCN2C(=O)c2ccc(F)cc2)nc(-c2c(C)noc2C)n1. The molecule has 29 heavy (non-hydrogen) atoms. The van der Waals surface area contributed by atoms with Gasteiger partial charge in [0.1, 0.15) is 11.6 Å². The molecule has 0 unspecified atom stereocenters. The van der Waals surface area contributed by atoms with Crippen LogP contribution in [0, 0.1) is 26.6 Å². The van der Waals surface area contributed by atoms with Gasteiger partial charge in [0.05, 0.1) is 23.0 Å². The molecular formula is C22H23FN4O2. The molecule has 0 aliphatic carbocycles. The van der Waals surface area contributed by atoms with Crippen molar-refractivity contribution in [3.63, 3.8) is 0 Å². The van der Waals surface area contributed by atoms with Gasteiger partial charge < -0.3 is 9.42 Å². The van der Waals surface area contributed by atoms with E-state index in [0.29, 0.717) is 23.7 Å². The summed E-state index contributed by atoms with van der Waals surface area (Å²) in [5.74, 6) is 0.773. The van der Waals surface area contributed by atoms with Gasteiger partial charge in [-0.05, 0) is 70.4 Å². The predicted octanol–water partition coefficient (Wildman–Crippen LogP) is 4.56. The highest BCUT2D eigenvalue weighted by Crippen LogP contribution is 2.33. The second-order valence-electron chi connectivity index (χ2n) is 7.47. The quantitative estimate of drug-likeness (QED) is 0.651. The third-order valence-electron chi connectivity index (χ3n) is 5.33. The molecule has 0 saturated carbocycles. The molecule has 3 heterocycles. The number of piperidine rings is 1. The van der Waals surface area contributed by atoms with Crippen molar-refractivity contribution in [1.82, 2.24) is 20.0 Å². The molecular weight excluding hydrogens is 371 g/mol. The van der Waals surface area contributed by atoms with E-state index in [9.17, 15) is 9.18 Å². The highest BCUT2D eigenvalue weighted by Gasteiger charge is 2.30. The Hall–Kier alpha value is -3.09. The first-order valence-corrected chi connectivity index (χ1v) is 9.79. The van der Waals surface area contributed by atoms with Crippen LogP contribution >= 0.6 is 0 Å². The normalized spacial score (nSPS) is 16.8. The highest BCUT2D eigenvalue weighted by atomic mass is 19.1. The van der Waals surface area contributed by atoms with Gasteiger partial charge in [-0.2, -0.15) is 0 Å². The molecule has 0 radical (unpaired) electrons. The fourth-order valence-corrected chi connectivity index (χ4v) is 3.92. The zero-order valence-corrected chi connectivity index (χ0v) is 16.8. The first kappa shape index (κ1) is 19.2. The monoisotopic (exact) mass is 394 g/mol. The molecule has 1 saturated heterocycles. The number of rotatable bonds is 3. The molecule has 2 aromatic heterocycles. The first-order valence-electron chi connectivity index (χ1n) is 9.79. The van der Waals surface area contributed by atoms with Crippen molar-refractivity contribution in [2.24, 2.45) is 0 Å². The number of amides is 1. The van der Waals surface area contributed by atoms with Gasteiger partial charge in [-0.1, -0.05) is 5.16 Å². The minimum Gasteiger partial charge on any atom is -0.361 e. The van der Waals surface area contributed by atoms with Gasteiger partial charge in [0.2, 0.25) is 0 Å². The van der Waals surface area contributed by atoms with Crippen LogP contribution in [0.1, 0.15) is 58.5 Å². The van der Waals surface area contributed by atoms with Crippen LogP contribution in [0.3, 0.4) is 0 Å². The zero-order valence-electron chi connectivity index (χ0n) is 16.8. The summed E-state index contributed by atoms with van der Waals surface area (Å²) in [7, 11) is 0. The Morgan fingerprint density at radius 3 is 2.59 bits per heavy atom. The summed E-state index contributed by atoms with van der Waals surface area (Å²) < 4.78 is 18.5. The van der Waals surface area contributed by atoms with E-state index in [2.05, 4.69) is 10.1 Å². The van der Waals surface area contributed by atoms with Gasteiger partial charge in [-0.3, -0.25) is 4.79 Å². The Kier molecular flexibility index (Phi) is 5.13. The number of hydrogen-bond acceptors (Lipinski definition) is 5. The number of nitrogens with zero attached hydrogens (tertiary/aromatic N) is 4.